The van der Waals surface area contributed by atoms with Crippen molar-refractivity contribution in [3.63, 3.8) is 0 Å². The third-order valence-electron chi connectivity index (χ3n) is 3.64. The van der Waals surface area contributed by atoms with Gasteiger partial charge in [0.1, 0.15) is 0 Å². The fraction of sp³-hybridized carbons (Fsp3) is 0.500. The molecule has 5 heteroatoms. The Bertz CT molecular complexity index is 457. The van der Waals surface area contributed by atoms with E-state index in [1.807, 2.05) is 4.90 Å². The van der Waals surface area contributed by atoms with Crippen LogP contribution in [0, 0.1) is 5.92 Å². The Hall–Kier alpha value is -0.770. The van der Waals surface area contributed by atoms with Crippen LogP contribution in [0.5, 0.6) is 0 Å². The van der Waals surface area contributed by atoms with Crippen molar-refractivity contribution in [3.8, 4) is 0 Å². The number of nitrogens with two attached hydrogens (primary N) is 1. The van der Waals surface area contributed by atoms with E-state index < -0.39 is 0 Å². The Kier molecular flexibility index (Phi) is 5.08. The average molecular weight is 301 g/mol. The monoisotopic (exact) mass is 300 g/mol. The number of carbonyl (C=O) groups excluding carboxylic acids is 1. The zero-order valence-electron chi connectivity index (χ0n) is 10.7. The lowest BCUT2D eigenvalue weighted by Crippen LogP contribution is -2.38. The van der Waals surface area contributed by atoms with E-state index in [0.29, 0.717) is 21.5 Å². The van der Waals surface area contributed by atoms with Gasteiger partial charge in [-0.2, -0.15) is 0 Å². The molecule has 1 aliphatic rings. The molecule has 0 radical (unpaired) electrons. The van der Waals surface area contributed by atoms with Crippen molar-refractivity contribution in [2.24, 2.45) is 11.7 Å². The number of nitrogens with zero attached hydrogens (tertiary/aromatic N) is 1. The van der Waals surface area contributed by atoms with Gasteiger partial charge in [-0.05, 0) is 49.9 Å². The topological polar surface area (TPSA) is 46.3 Å². The number of hydrogen-bond donors (Lipinski definition) is 1. The summed E-state index contributed by atoms with van der Waals surface area (Å²) in [6.07, 6.45) is 3.11. The molecule has 0 spiro atoms. The van der Waals surface area contributed by atoms with Crippen molar-refractivity contribution >= 4 is 29.1 Å². The lowest BCUT2D eigenvalue weighted by atomic mass is 9.93. The van der Waals surface area contributed by atoms with Gasteiger partial charge >= 0.3 is 0 Å². The molecule has 0 aliphatic carbocycles. The number of hydrogen-bond acceptors (Lipinski definition) is 2. The van der Waals surface area contributed by atoms with E-state index in [4.69, 9.17) is 28.9 Å². The summed E-state index contributed by atoms with van der Waals surface area (Å²) in [7, 11) is 0. The standard InChI is InChI=1S/C14H18Cl2N2O/c15-12-2-1-11(9-13(12)16)14(19)18-7-4-10(3-6-17)5-8-18/h1-2,9-10H,3-8,17H2. The molecule has 0 atom stereocenters. The van der Waals surface area contributed by atoms with Gasteiger partial charge in [0, 0.05) is 18.7 Å². The second kappa shape index (κ2) is 6.60. The van der Waals surface area contributed by atoms with Crippen LogP contribution < -0.4 is 5.73 Å². The smallest absolute Gasteiger partial charge is 0.253 e. The molecule has 2 N–H and O–H groups in total. The van der Waals surface area contributed by atoms with Gasteiger partial charge in [-0.1, -0.05) is 23.2 Å². The van der Waals surface area contributed by atoms with Crippen LogP contribution in [0.3, 0.4) is 0 Å². The molecular weight excluding hydrogens is 283 g/mol. The molecule has 1 saturated heterocycles. The fourth-order valence-electron chi connectivity index (χ4n) is 2.47. The predicted octanol–water partition coefficient (Wildman–Crippen LogP) is 3.19. The molecule has 2 rings (SSSR count). The van der Waals surface area contributed by atoms with Crippen LogP contribution in [0.2, 0.25) is 10.0 Å². The van der Waals surface area contributed by atoms with E-state index in [2.05, 4.69) is 0 Å². The highest BCUT2D eigenvalue weighted by molar-refractivity contribution is 6.42. The number of amides is 1. The minimum atomic E-state index is 0.0322. The van der Waals surface area contributed by atoms with Crippen molar-refractivity contribution in [1.82, 2.24) is 4.90 Å². The largest absolute Gasteiger partial charge is 0.339 e. The Balaban J connectivity index is 1.99. The zero-order chi connectivity index (χ0) is 13.8. The summed E-state index contributed by atoms with van der Waals surface area (Å²) >= 11 is 11.8. The summed E-state index contributed by atoms with van der Waals surface area (Å²) in [4.78, 5) is 14.2. The molecule has 0 bridgehead atoms. The van der Waals surface area contributed by atoms with Crippen molar-refractivity contribution in [1.29, 1.82) is 0 Å². The molecule has 1 aromatic rings. The summed E-state index contributed by atoms with van der Waals surface area (Å²) in [5.74, 6) is 0.688. The van der Waals surface area contributed by atoms with Crippen molar-refractivity contribution < 1.29 is 4.79 Å². The maximum absolute atomic E-state index is 12.3. The quantitative estimate of drug-likeness (QED) is 0.932. The summed E-state index contributed by atoms with van der Waals surface area (Å²) in [5.41, 5.74) is 6.17. The Labute approximate surface area is 123 Å². The molecule has 0 unspecified atom stereocenters. The number of rotatable bonds is 3. The van der Waals surface area contributed by atoms with Gasteiger partial charge in [-0.15, -0.1) is 0 Å². The second-order valence-electron chi connectivity index (χ2n) is 4.94. The number of likely N-dealkylation sites (tertiary alicyclic amines) is 1. The minimum Gasteiger partial charge on any atom is -0.339 e. The highest BCUT2D eigenvalue weighted by atomic mass is 35.5. The maximum atomic E-state index is 12.3. The number of benzene rings is 1. The van der Waals surface area contributed by atoms with Crippen LogP contribution in [0.4, 0.5) is 0 Å². The molecule has 3 nitrogen and oxygen atoms in total. The predicted molar refractivity (Wildman–Crippen MR) is 78.8 cm³/mol. The first kappa shape index (κ1) is 14.6. The van der Waals surface area contributed by atoms with Gasteiger partial charge in [-0.3, -0.25) is 4.79 Å². The normalized spacial score (nSPS) is 16.7. The van der Waals surface area contributed by atoms with Gasteiger partial charge in [0.15, 0.2) is 0 Å². The van der Waals surface area contributed by atoms with Crippen LogP contribution in [0.25, 0.3) is 0 Å². The molecule has 1 aliphatic heterocycles. The first-order valence-corrected chi connectivity index (χ1v) is 7.32. The first-order valence-electron chi connectivity index (χ1n) is 6.56. The van der Waals surface area contributed by atoms with Crippen LogP contribution in [0.15, 0.2) is 18.2 Å². The number of halogens is 2. The highest BCUT2D eigenvalue weighted by Gasteiger charge is 2.23. The minimum absolute atomic E-state index is 0.0322. The van der Waals surface area contributed by atoms with Gasteiger partial charge in [0.2, 0.25) is 0 Å². The SMILES string of the molecule is NCCC1CCN(C(=O)c2ccc(Cl)c(Cl)c2)CC1. The molecule has 1 heterocycles. The lowest BCUT2D eigenvalue weighted by Gasteiger charge is -2.32. The summed E-state index contributed by atoms with van der Waals surface area (Å²) in [5, 5.41) is 0.894. The first-order chi connectivity index (χ1) is 9.11. The van der Waals surface area contributed by atoms with Gasteiger partial charge in [-0.25, -0.2) is 0 Å². The van der Waals surface area contributed by atoms with E-state index in [0.717, 1.165) is 38.9 Å². The Morgan fingerprint density at radius 1 is 1.26 bits per heavy atom. The lowest BCUT2D eigenvalue weighted by molar-refractivity contribution is 0.0688. The van der Waals surface area contributed by atoms with E-state index in [1.165, 1.54) is 0 Å². The Morgan fingerprint density at radius 2 is 1.95 bits per heavy atom. The van der Waals surface area contributed by atoms with Crippen LogP contribution in [-0.2, 0) is 0 Å². The van der Waals surface area contributed by atoms with E-state index >= 15 is 0 Å². The molecular formula is C14H18Cl2N2O. The number of piperidine rings is 1. The molecule has 1 amide bonds. The van der Waals surface area contributed by atoms with Gasteiger partial charge < -0.3 is 10.6 Å². The summed E-state index contributed by atoms with van der Waals surface area (Å²) in [6.45, 7) is 2.32. The fourth-order valence-corrected chi connectivity index (χ4v) is 2.77. The second-order valence-corrected chi connectivity index (χ2v) is 5.76. The third kappa shape index (κ3) is 3.62. The summed E-state index contributed by atoms with van der Waals surface area (Å²) < 4.78 is 0. The molecule has 19 heavy (non-hydrogen) atoms. The molecule has 1 aromatic carbocycles. The van der Waals surface area contributed by atoms with Crippen molar-refractivity contribution in [2.45, 2.75) is 19.3 Å². The third-order valence-corrected chi connectivity index (χ3v) is 4.38. The van der Waals surface area contributed by atoms with Crippen LogP contribution >= 0.6 is 23.2 Å². The zero-order valence-corrected chi connectivity index (χ0v) is 12.3. The molecule has 1 fully saturated rings. The molecule has 0 saturated carbocycles. The average Bonchev–Trinajstić information content (AvgIpc) is 2.42. The van der Waals surface area contributed by atoms with Crippen molar-refractivity contribution in [2.75, 3.05) is 19.6 Å². The summed E-state index contributed by atoms with van der Waals surface area (Å²) in [6, 6.07) is 5.03. The van der Waals surface area contributed by atoms with Crippen LogP contribution in [-0.4, -0.2) is 30.4 Å². The number of carbonyl (C=O) groups is 1. The molecule has 0 aromatic heterocycles. The van der Waals surface area contributed by atoms with E-state index in [-0.39, 0.29) is 5.91 Å². The molecule has 104 valence electrons. The van der Waals surface area contributed by atoms with Crippen LogP contribution in [0.1, 0.15) is 29.6 Å². The van der Waals surface area contributed by atoms with E-state index in [1.54, 1.807) is 18.2 Å². The maximum Gasteiger partial charge on any atom is 0.253 e. The highest BCUT2D eigenvalue weighted by Crippen LogP contribution is 2.25. The van der Waals surface area contributed by atoms with Gasteiger partial charge in [0.25, 0.3) is 5.91 Å². The Morgan fingerprint density at radius 3 is 2.53 bits per heavy atom. The van der Waals surface area contributed by atoms with Gasteiger partial charge in [0.05, 0.1) is 10.0 Å². The van der Waals surface area contributed by atoms with Crippen molar-refractivity contribution in [3.05, 3.63) is 33.8 Å². The van der Waals surface area contributed by atoms with E-state index in [9.17, 15) is 4.79 Å².